The molecule has 0 spiro atoms. The Kier molecular flexibility index (Phi) is 5.16. The van der Waals surface area contributed by atoms with Crippen LogP contribution < -0.4 is 15.4 Å². The van der Waals surface area contributed by atoms with Gasteiger partial charge in [0, 0.05) is 38.4 Å². The van der Waals surface area contributed by atoms with Gasteiger partial charge in [-0.3, -0.25) is 14.9 Å². The number of nitro groups is 1. The number of aromatic nitrogens is 2. The van der Waals surface area contributed by atoms with Crippen LogP contribution in [0.4, 0.5) is 17.1 Å². The van der Waals surface area contributed by atoms with Crippen molar-refractivity contribution < 1.29 is 4.92 Å². The minimum atomic E-state index is -0.450. The van der Waals surface area contributed by atoms with E-state index < -0.39 is 4.92 Å². The van der Waals surface area contributed by atoms with Crippen molar-refractivity contribution in [2.24, 2.45) is 0 Å². The molecule has 0 aliphatic carbocycles. The van der Waals surface area contributed by atoms with E-state index in [2.05, 4.69) is 27.0 Å². The van der Waals surface area contributed by atoms with Gasteiger partial charge in [0.2, 0.25) is 0 Å². The number of rotatable bonds is 5. The fourth-order valence-corrected chi connectivity index (χ4v) is 3.97. The molecule has 1 N–H and O–H groups in total. The molecule has 0 radical (unpaired) electrons. The summed E-state index contributed by atoms with van der Waals surface area (Å²) in [7, 11) is 1.83. The Labute approximate surface area is 167 Å². The zero-order valence-electron chi connectivity index (χ0n) is 16.3. The Morgan fingerprint density at radius 2 is 1.97 bits per heavy atom. The largest absolute Gasteiger partial charge is 0.371 e. The van der Waals surface area contributed by atoms with E-state index in [1.807, 2.05) is 24.1 Å². The highest BCUT2D eigenvalue weighted by Gasteiger charge is 2.22. The van der Waals surface area contributed by atoms with Crippen LogP contribution in [-0.2, 0) is 6.54 Å². The maximum absolute atomic E-state index is 12.0. The Morgan fingerprint density at radius 3 is 2.72 bits per heavy atom. The van der Waals surface area contributed by atoms with Crippen LogP contribution in [0.2, 0.25) is 0 Å². The third kappa shape index (κ3) is 3.78. The molecule has 1 aromatic heterocycles. The van der Waals surface area contributed by atoms with Crippen molar-refractivity contribution in [1.82, 2.24) is 9.97 Å². The van der Waals surface area contributed by atoms with E-state index in [9.17, 15) is 14.9 Å². The molecule has 3 aromatic rings. The summed E-state index contributed by atoms with van der Waals surface area (Å²) in [6, 6.07) is 11.1. The SMILES string of the molecule is CN(Cc1ccccc1N1CCCCC1)c1cc2nc[nH]c(=O)c2cc1[N+](=O)[O-]. The molecule has 0 bridgehead atoms. The fraction of sp³-hybridized carbons (Fsp3) is 0.333. The first-order valence-corrected chi connectivity index (χ1v) is 9.74. The van der Waals surface area contributed by atoms with Crippen LogP contribution in [0.5, 0.6) is 0 Å². The molecule has 0 unspecified atom stereocenters. The molecule has 4 rings (SSSR count). The van der Waals surface area contributed by atoms with Gasteiger partial charge in [0.25, 0.3) is 11.2 Å². The number of nitrogens with zero attached hydrogens (tertiary/aromatic N) is 4. The first-order chi connectivity index (χ1) is 14.0. The highest BCUT2D eigenvalue weighted by Crippen LogP contribution is 2.33. The van der Waals surface area contributed by atoms with Gasteiger partial charge in [-0.25, -0.2) is 4.98 Å². The Bertz CT molecular complexity index is 1100. The van der Waals surface area contributed by atoms with Crippen molar-refractivity contribution >= 4 is 28.0 Å². The number of hydrogen-bond donors (Lipinski definition) is 1. The first kappa shape index (κ1) is 18.9. The number of nitro benzene ring substituents is 1. The van der Waals surface area contributed by atoms with Crippen LogP contribution in [0.25, 0.3) is 10.9 Å². The number of hydrogen-bond acceptors (Lipinski definition) is 6. The number of aromatic amines is 1. The van der Waals surface area contributed by atoms with Gasteiger partial charge in [-0.2, -0.15) is 0 Å². The maximum Gasteiger partial charge on any atom is 0.293 e. The van der Waals surface area contributed by atoms with Crippen molar-refractivity contribution in [1.29, 1.82) is 0 Å². The van der Waals surface area contributed by atoms with Crippen molar-refractivity contribution in [3.05, 3.63) is 68.8 Å². The molecule has 1 aliphatic heterocycles. The van der Waals surface area contributed by atoms with Crippen molar-refractivity contribution in [3.63, 3.8) is 0 Å². The first-order valence-electron chi connectivity index (χ1n) is 9.74. The molecule has 1 fully saturated rings. The van der Waals surface area contributed by atoms with Crippen LogP contribution in [0.15, 0.2) is 47.5 Å². The summed E-state index contributed by atoms with van der Waals surface area (Å²) >= 11 is 0. The summed E-state index contributed by atoms with van der Waals surface area (Å²) in [5.74, 6) is 0. The fourth-order valence-electron chi connectivity index (χ4n) is 3.97. The number of nitrogens with one attached hydrogen (secondary N) is 1. The standard InChI is InChI=1S/C21H23N5O3/c1-24(13-15-7-3-4-8-18(15)25-9-5-2-6-10-25)19-12-17-16(11-20(19)26(28)29)21(27)23-14-22-17/h3-4,7-8,11-12,14H,2,5-6,9-10,13H2,1H3,(H,22,23,27). The van der Waals surface area contributed by atoms with Crippen molar-refractivity contribution in [3.8, 4) is 0 Å². The summed E-state index contributed by atoms with van der Waals surface area (Å²) in [5, 5.41) is 11.9. The summed E-state index contributed by atoms with van der Waals surface area (Å²) in [4.78, 5) is 34.1. The van der Waals surface area contributed by atoms with Crippen LogP contribution in [0.3, 0.4) is 0 Å². The lowest BCUT2D eigenvalue weighted by atomic mass is 10.1. The number of benzene rings is 2. The molecule has 1 aliphatic rings. The molecule has 0 atom stereocenters. The number of H-pyrrole nitrogens is 1. The lowest BCUT2D eigenvalue weighted by Crippen LogP contribution is -2.31. The summed E-state index contributed by atoms with van der Waals surface area (Å²) < 4.78 is 0. The highest BCUT2D eigenvalue weighted by molar-refractivity contribution is 5.87. The molecular formula is C21H23N5O3. The van der Waals surface area contributed by atoms with Crippen LogP contribution in [0, 0.1) is 10.1 Å². The van der Waals surface area contributed by atoms with E-state index in [0.29, 0.717) is 17.7 Å². The van der Waals surface area contributed by atoms with Gasteiger partial charge in [0.15, 0.2) is 0 Å². The van der Waals surface area contributed by atoms with E-state index in [-0.39, 0.29) is 16.6 Å². The predicted octanol–water partition coefficient (Wildman–Crippen LogP) is 3.46. The van der Waals surface area contributed by atoms with E-state index in [0.717, 1.165) is 18.7 Å². The third-order valence-electron chi connectivity index (χ3n) is 5.44. The summed E-state index contributed by atoms with van der Waals surface area (Å²) in [6.07, 6.45) is 4.93. The summed E-state index contributed by atoms with van der Waals surface area (Å²) in [5.41, 5.74) is 2.68. The van der Waals surface area contributed by atoms with Gasteiger partial charge >= 0.3 is 0 Å². The molecular weight excluding hydrogens is 370 g/mol. The number of fused-ring (bicyclic) bond motifs is 1. The van der Waals surface area contributed by atoms with E-state index >= 15 is 0 Å². The average molecular weight is 393 g/mol. The molecule has 1 saturated heterocycles. The zero-order chi connectivity index (χ0) is 20.4. The molecule has 0 saturated carbocycles. The monoisotopic (exact) mass is 393 g/mol. The van der Waals surface area contributed by atoms with Crippen molar-refractivity contribution in [2.45, 2.75) is 25.8 Å². The molecule has 2 heterocycles. The number of para-hydroxylation sites is 1. The lowest BCUT2D eigenvalue weighted by Gasteiger charge is -2.31. The van der Waals surface area contributed by atoms with Crippen LogP contribution in [-0.4, -0.2) is 35.0 Å². The second-order valence-electron chi connectivity index (χ2n) is 7.38. The average Bonchev–Trinajstić information content (AvgIpc) is 2.74. The minimum absolute atomic E-state index is 0.103. The lowest BCUT2D eigenvalue weighted by molar-refractivity contribution is -0.384. The third-order valence-corrected chi connectivity index (χ3v) is 5.44. The second-order valence-corrected chi connectivity index (χ2v) is 7.38. The smallest absolute Gasteiger partial charge is 0.293 e. The predicted molar refractivity (Wildman–Crippen MR) is 114 cm³/mol. The number of piperidine rings is 1. The van der Waals surface area contributed by atoms with Crippen molar-refractivity contribution in [2.75, 3.05) is 29.9 Å². The molecule has 8 nitrogen and oxygen atoms in total. The topological polar surface area (TPSA) is 95.4 Å². The molecule has 8 heteroatoms. The Balaban J connectivity index is 1.71. The normalized spacial score (nSPS) is 14.2. The Hall–Kier alpha value is -3.42. The highest BCUT2D eigenvalue weighted by atomic mass is 16.6. The maximum atomic E-state index is 12.0. The zero-order valence-corrected chi connectivity index (χ0v) is 16.3. The molecule has 150 valence electrons. The van der Waals surface area contributed by atoms with Gasteiger partial charge in [0.1, 0.15) is 5.69 Å². The Morgan fingerprint density at radius 1 is 1.21 bits per heavy atom. The quantitative estimate of drug-likeness (QED) is 0.527. The second kappa shape index (κ2) is 7.90. The molecule has 0 amide bonds. The van der Waals surface area contributed by atoms with Gasteiger partial charge < -0.3 is 14.8 Å². The minimum Gasteiger partial charge on any atom is -0.371 e. The number of anilines is 2. The van der Waals surface area contributed by atoms with Gasteiger partial charge in [-0.1, -0.05) is 18.2 Å². The van der Waals surface area contributed by atoms with Gasteiger partial charge in [-0.15, -0.1) is 0 Å². The van der Waals surface area contributed by atoms with E-state index in [1.165, 1.54) is 37.3 Å². The van der Waals surface area contributed by atoms with E-state index in [1.54, 1.807) is 6.07 Å². The van der Waals surface area contributed by atoms with Crippen LogP contribution >= 0.6 is 0 Å². The summed E-state index contributed by atoms with van der Waals surface area (Å²) in [6.45, 7) is 2.58. The van der Waals surface area contributed by atoms with Gasteiger partial charge in [0.05, 0.1) is 22.2 Å². The molecule has 2 aromatic carbocycles. The van der Waals surface area contributed by atoms with E-state index in [4.69, 9.17) is 0 Å². The molecule has 29 heavy (non-hydrogen) atoms. The van der Waals surface area contributed by atoms with Crippen LogP contribution in [0.1, 0.15) is 24.8 Å². The van der Waals surface area contributed by atoms with Gasteiger partial charge in [-0.05, 0) is 37.0 Å².